The Morgan fingerprint density at radius 3 is 2.25 bits per heavy atom. The van der Waals surface area contributed by atoms with E-state index in [1.807, 2.05) is 36.4 Å². The van der Waals surface area contributed by atoms with Crippen molar-refractivity contribution in [1.29, 1.82) is 0 Å². The lowest BCUT2D eigenvalue weighted by atomic mass is 10.1. The van der Waals surface area contributed by atoms with Gasteiger partial charge >= 0.3 is 5.97 Å². The predicted molar refractivity (Wildman–Crippen MR) is 74.1 cm³/mol. The Morgan fingerprint density at radius 1 is 1.05 bits per heavy atom. The number of isocyanates is 1. The van der Waals surface area contributed by atoms with Gasteiger partial charge < -0.3 is 4.74 Å². The summed E-state index contributed by atoms with van der Waals surface area (Å²) in [5.74, 6) is -0.139. The molecule has 0 bridgehead atoms. The van der Waals surface area contributed by atoms with E-state index in [0.29, 0.717) is 12.2 Å². The van der Waals surface area contributed by atoms with E-state index in [2.05, 4.69) is 4.99 Å². The third kappa shape index (κ3) is 3.90. The van der Waals surface area contributed by atoms with E-state index in [1.165, 1.54) is 6.08 Å². The summed E-state index contributed by atoms with van der Waals surface area (Å²) in [7, 11) is 0. The topological polar surface area (TPSA) is 55.7 Å². The standard InChI is InChI=1S/C16H13NO3/c18-12-17-15(11-13-7-3-1-4-8-13)16(19)20-14-9-5-2-6-10-14/h1-10,15H,11H2. The third-order valence-corrected chi connectivity index (χ3v) is 2.71. The van der Waals surface area contributed by atoms with E-state index < -0.39 is 12.0 Å². The minimum atomic E-state index is -0.880. The number of benzene rings is 2. The highest BCUT2D eigenvalue weighted by atomic mass is 16.5. The molecule has 0 radical (unpaired) electrons. The molecule has 0 aromatic heterocycles. The van der Waals surface area contributed by atoms with Gasteiger partial charge in [0.25, 0.3) is 0 Å². The van der Waals surface area contributed by atoms with Crippen LogP contribution in [0.5, 0.6) is 5.75 Å². The predicted octanol–water partition coefficient (Wildman–Crippen LogP) is 2.54. The first-order chi connectivity index (χ1) is 9.79. The van der Waals surface area contributed by atoms with Gasteiger partial charge in [-0.2, -0.15) is 4.99 Å². The molecule has 4 nitrogen and oxygen atoms in total. The van der Waals surface area contributed by atoms with Crippen LogP contribution in [0, 0.1) is 0 Å². The van der Waals surface area contributed by atoms with Crippen molar-refractivity contribution >= 4 is 12.0 Å². The number of hydrogen-bond acceptors (Lipinski definition) is 4. The number of aliphatic imine (C=N–C) groups is 1. The van der Waals surface area contributed by atoms with Crippen molar-refractivity contribution in [2.75, 3.05) is 0 Å². The second-order valence-corrected chi connectivity index (χ2v) is 4.16. The maximum atomic E-state index is 12.0. The molecule has 0 N–H and O–H groups in total. The van der Waals surface area contributed by atoms with Crippen molar-refractivity contribution in [3.8, 4) is 5.75 Å². The lowest BCUT2D eigenvalue weighted by Gasteiger charge is -2.10. The first-order valence-electron chi connectivity index (χ1n) is 6.17. The van der Waals surface area contributed by atoms with Crippen LogP contribution < -0.4 is 4.74 Å². The number of carbonyl (C=O) groups excluding carboxylic acids is 2. The first kappa shape index (κ1) is 13.7. The van der Waals surface area contributed by atoms with Crippen LogP contribution >= 0.6 is 0 Å². The molecule has 2 aromatic rings. The smallest absolute Gasteiger partial charge is 0.337 e. The minimum absolute atomic E-state index is 0.307. The Morgan fingerprint density at radius 2 is 1.65 bits per heavy atom. The van der Waals surface area contributed by atoms with E-state index in [4.69, 9.17) is 4.74 Å². The second-order valence-electron chi connectivity index (χ2n) is 4.16. The maximum absolute atomic E-state index is 12.0. The molecule has 0 spiro atoms. The fourth-order valence-electron chi connectivity index (χ4n) is 1.76. The van der Waals surface area contributed by atoms with Gasteiger partial charge in [-0.1, -0.05) is 48.5 Å². The summed E-state index contributed by atoms with van der Waals surface area (Å²) < 4.78 is 5.19. The second kappa shape index (κ2) is 7.02. The minimum Gasteiger partial charge on any atom is -0.425 e. The van der Waals surface area contributed by atoms with Crippen LogP contribution in [0.3, 0.4) is 0 Å². The van der Waals surface area contributed by atoms with Gasteiger partial charge in [-0.05, 0) is 17.7 Å². The molecule has 0 aliphatic heterocycles. The van der Waals surface area contributed by atoms with Crippen molar-refractivity contribution in [2.45, 2.75) is 12.5 Å². The number of hydrogen-bond donors (Lipinski definition) is 0. The van der Waals surface area contributed by atoms with E-state index >= 15 is 0 Å². The average molecular weight is 267 g/mol. The molecule has 1 unspecified atom stereocenters. The van der Waals surface area contributed by atoms with Crippen LogP contribution in [0.2, 0.25) is 0 Å². The van der Waals surface area contributed by atoms with Gasteiger partial charge in [0, 0.05) is 6.42 Å². The van der Waals surface area contributed by atoms with Crippen LogP contribution in [0.25, 0.3) is 0 Å². The largest absolute Gasteiger partial charge is 0.425 e. The molecule has 20 heavy (non-hydrogen) atoms. The fourth-order valence-corrected chi connectivity index (χ4v) is 1.76. The molecule has 0 saturated heterocycles. The average Bonchev–Trinajstić information content (AvgIpc) is 2.49. The quantitative estimate of drug-likeness (QED) is 0.362. The first-order valence-corrected chi connectivity index (χ1v) is 6.17. The van der Waals surface area contributed by atoms with Crippen molar-refractivity contribution in [2.24, 2.45) is 4.99 Å². The summed E-state index contributed by atoms with van der Waals surface area (Å²) in [6, 6.07) is 17.1. The van der Waals surface area contributed by atoms with Crippen molar-refractivity contribution < 1.29 is 14.3 Å². The van der Waals surface area contributed by atoms with Crippen LogP contribution in [-0.4, -0.2) is 18.1 Å². The van der Waals surface area contributed by atoms with Gasteiger partial charge in [0.2, 0.25) is 6.08 Å². The zero-order valence-corrected chi connectivity index (χ0v) is 10.7. The Labute approximate surface area is 116 Å². The zero-order chi connectivity index (χ0) is 14.2. The highest BCUT2D eigenvalue weighted by Crippen LogP contribution is 2.12. The highest BCUT2D eigenvalue weighted by molar-refractivity contribution is 5.79. The Bertz CT molecular complexity index is 604. The van der Waals surface area contributed by atoms with Crippen molar-refractivity contribution in [3.63, 3.8) is 0 Å². The molecular weight excluding hydrogens is 254 g/mol. The van der Waals surface area contributed by atoms with E-state index in [1.54, 1.807) is 24.3 Å². The number of ether oxygens (including phenoxy) is 1. The zero-order valence-electron chi connectivity index (χ0n) is 10.7. The number of para-hydroxylation sites is 1. The SMILES string of the molecule is O=C=NC(Cc1ccccc1)C(=O)Oc1ccccc1. The van der Waals surface area contributed by atoms with Crippen molar-refractivity contribution in [1.82, 2.24) is 0 Å². The van der Waals surface area contributed by atoms with Gasteiger partial charge in [-0.15, -0.1) is 0 Å². The van der Waals surface area contributed by atoms with Gasteiger partial charge in [0.1, 0.15) is 5.75 Å². The normalized spacial score (nSPS) is 11.2. The monoisotopic (exact) mass is 267 g/mol. The van der Waals surface area contributed by atoms with Crippen LogP contribution in [0.1, 0.15) is 5.56 Å². The van der Waals surface area contributed by atoms with Gasteiger partial charge in [0.15, 0.2) is 6.04 Å². The summed E-state index contributed by atoms with van der Waals surface area (Å²) in [6.45, 7) is 0. The molecule has 2 rings (SSSR count). The molecule has 2 aromatic carbocycles. The number of esters is 1. The molecule has 0 aliphatic rings. The van der Waals surface area contributed by atoms with Gasteiger partial charge in [-0.3, -0.25) is 0 Å². The number of rotatable bonds is 5. The van der Waals surface area contributed by atoms with Gasteiger partial charge in [-0.25, -0.2) is 9.59 Å². The summed E-state index contributed by atoms with van der Waals surface area (Å²) >= 11 is 0. The lowest BCUT2D eigenvalue weighted by Crippen LogP contribution is -2.26. The molecule has 100 valence electrons. The molecule has 0 heterocycles. The fraction of sp³-hybridized carbons (Fsp3) is 0.125. The van der Waals surface area contributed by atoms with Crippen LogP contribution in [-0.2, 0) is 16.0 Å². The Kier molecular flexibility index (Phi) is 4.81. The summed E-state index contributed by atoms with van der Waals surface area (Å²) in [6.07, 6.45) is 1.74. The number of carbonyl (C=O) groups is 1. The third-order valence-electron chi connectivity index (χ3n) is 2.71. The summed E-state index contributed by atoms with van der Waals surface area (Å²) in [4.78, 5) is 26.0. The van der Waals surface area contributed by atoms with E-state index in [9.17, 15) is 9.59 Å². The Balaban J connectivity index is 2.08. The van der Waals surface area contributed by atoms with E-state index in [-0.39, 0.29) is 0 Å². The maximum Gasteiger partial charge on any atom is 0.337 e. The molecule has 4 heteroatoms. The summed E-state index contributed by atoms with van der Waals surface area (Å²) in [5, 5.41) is 0. The lowest BCUT2D eigenvalue weighted by molar-refractivity contribution is -0.135. The van der Waals surface area contributed by atoms with Crippen LogP contribution in [0.15, 0.2) is 65.7 Å². The van der Waals surface area contributed by atoms with Crippen LogP contribution in [0.4, 0.5) is 0 Å². The molecule has 0 aliphatic carbocycles. The molecule has 0 saturated carbocycles. The van der Waals surface area contributed by atoms with Crippen molar-refractivity contribution in [3.05, 3.63) is 66.2 Å². The van der Waals surface area contributed by atoms with Gasteiger partial charge in [0.05, 0.1) is 0 Å². The molecule has 0 amide bonds. The molecule has 1 atom stereocenters. The highest BCUT2D eigenvalue weighted by Gasteiger charge is 2.20. The number of nitrogens with zero attached hydrogens (tertiary/aromatic N) is 1. The summed E-state index contributed by atoms with van der Waals surface area (Å²) in [5.41, 5.74) is 0.904. The molecular formula is C16H13NO3. The van der Waals surface area contributed by atoms with E-state index in [0.717, 1.165) is 5.56 Å². The molecule has 0 fully saturated rings. The Hall–Kier alpha value is -2.71.